The maximum absolute atomic E-state index is 13.4. The Morgan fingerprint density at radius 1 is 1.00 bits per heavy atom. The van der Waals surface area contributed by atoms with Crippen molar-refractivity contribution in [2.45, 2.75) is 11.9 Å². The Labute approximate surface area is 210 Å². The third-order valence-electron chi connectivity index (χ3n) is 4.19. The number of benzene rings is 1. The van der Waals surface area contributed by atoms with E-state index in [2.05, 4.69) is 24.7 Å². The Morgan fingerprint density at radius 3 is 2.47 bits per heavy atom. The average Bonchev–Trinajstić information content (AvgIpc) is 2.89. The van der Waals surface area contributed by atoms with Crippen molar-refractivity contribution in [1.29, 1.82) is 0 Å². The first-order chi connectivity index (χ1) is 20.3. The number of sulfonamides is 1. The monoisotopic (exact) mass is 489 g/mol. The third-order valence-corrected chi connectivity index (χ3v) is 5.44. The normalized spacial score (nSPS) is 16.0. The van der Waals surface area contributed by atoms with E-state index < -0.39 is 82.4 Å². The number of rotatable bonds is 8. The maximum atomic E-state index is 13.4. The predicted octanol–water partition coefficient (Wildman–Crippen LogP) is 3.85. The van der Waals surface area contributed by atoms with E-state index in [0.29, 0.717) is 5.56 Å². The van der Waals surface area contributed by atoms with Gasteiger partial charge in [0.25, 0.3) is 15.9 Å². The molecule has 10 nitrogen and oxygen atoms in total. The van der Waals surface area contributed by atoms with Crippen LogP contribution in [0, 0.1) is 6.92 Å². The number of pyridine rings is 2. The van der Waals surface area contributed by atoms with Crippen LogP contribution in [-0.2, 0) is 10.0 Å². The Kier molecular flexibility index (Phi) is 3.84. The van der Waals surface area contributed by atoms with Crippen LogP contribution in [0.25, 0.3) is 11.4 Å². The Bertz CT molecular complexity index is 1790. The van der Waals surface area contributed by atoms with E-state index in [0.717, 1.165) is 0 Å². The summed E-state index contributed by atoms with van der Waals surface area (Å²) < 4.78 is 122. The van der Waals surface area contributed by atoms with Gasteiger partial charge < -0.3 is 14.2 Å². The molecule has 3 heterocycles. The average molecular weight is 490 g/mol. The molecule has 0 bridgehead atoms. The molecular weight excluding hydrogens is 458 g/mol. The zero-order chi connectivity index (χ0) is 32.6. The lowest BCUT2D eigenvalue weighted by Gasteiger charge is -2.17. The SMILES string of the molecule is [2H]c1nc([2H])c([2H])c(-c2nc(NS(=O)(=O)c3ccc(C)cn3)c(Oc3ccccc3OC([2H])([2H])[2H])c(OC([2H])([2H])[2H])n2)c1[2H]. The lowest BCUT2D eigenvalue weighted by molar-refractivity contribution is 0.348. The van der Waals surface area contributed by atoms with Gasteiger partial charge in [-0.15, -0.1) is 0 Å². The summed E-state index contributed by atoms with van der Waals surface area (Å²) >= 11 is 0. The van der Waals surface area contributed by atoms with Crippen molar-refractivity contribution in [3.8, 4) is 34.5 Å². The molecule has 0 saturated heterocycles. The van der Waals surface area contributed by atoms with Gasteiger partial charge in [-0.2, -0.15) is 13.4 Å². The fourth-order valence-electron chi connectivity index (χ4n) is 2.63. The van der Waals surface area contributed by atoms with Crippen LogP contribution in [0.5, 0.6) is 23.1 Å². The van der Waals surface area contributed by atoms with Crippen molar-refractivity contribution in [3.05, 3.63) is 72.6 Å². The van der Waals surface area contributed by atoms with Crippen molar-refractivity contribution >= 4 is 15.8 Å². The maximum Gasteiger partial charge on any atom is 0.280 e. The first-order valence-corrected chi connectivity index (χ1v) is 10.8. The minimum Gasteiger partial charge on any atom is -0.493 e. The van der Waals surface area contributed by atoms with E-state index in [-0.39, 0.29) is 11.5 Å². The first kappa shape index (κ1) is 13.5. The highest BCUT2D eigenvalue weighted by atomic mass is 32.2. The van der Waals surface area contributed by atoms with Gasteiger partial charge in [-0.1, -0.05) is 18.2 Å². The highest BCUT2D eigenvalue weighted by molar-refractivity contribution is 7.92. The lowest BCUT2D eigenvalue weighted by atomic mass is 10.2. The predicted molar refractivity (Wildman–Crippen MR) is 125 cm³/mol. The highest BCUT2D eigenvalue weighted by Crippen LogP contribution is 2.41. The van der Waals surface area contributed by atoms with Gasteiger partial charge in [0.05, 0.1) is 27.8 Å². The van der Waals surface area contributed by atoms with Crippen molar-refractivity contribution in [1.82, 2.24) is 19.9 Å². The summed E-state index contributed by atoms with van der Waals surface area (Å²) in [6, 6.07) is 6.41. The Hall–Kier alpha value is -4.25. The molecular formula is C23H21N5O5S. The molecule has 0 aliphatic rings. The second kappa shape index (κ2) is 9.71. The number of ether oxygens (including phenoxy) is 3. The lowest BCUT2D eigenvalue weighted by Crippen LogP contribution is -2.17. The fraction of sp³-hybridized carbons (Fsp3) is 0.130. The molecule has 11 heteroatoms. The number of nitrogens with zero attached hydrogens (tertiary/aromatic N) is 4. The number of aryl methyl sites for hydroxylation is 1. The molecule has 1 N–H and O–H groups in total. The molecule has 0 saturated carbocycles. The molecule has 0 aliphatic carbocycles. The van der Waals surface area contributed by atoms with Crippen LogP contribution in [-0.4, -0.2) is 42.4 Å². The largest absolute Gasteiger partial charge is 0.493 e. The van der Waals surface area contributed by atoms with Crippen molar-refractivity contribution in [2.24, 2.45) is 0 Å². The minimum absolute atomic E-state index is 0.350. The van der Waals surface area contributed by atoms with Gasteiger partial charge in [0.15, 0.2) is 28.2 Å². The summed E-state index contributed by atoms with van der Waals surface area (Å²) in [5.41, 5.74) is 0.0644. The van der Waals surface area contributed by atoms with Gasteiger partial charge in [-0.3, -0.25) is 9.71 Å². The Morgan fingerprint density at radius 2 is 1.76 bits per heavy atom. The molecule has 1 aromatic carbocycles. The molecule has 4 rings (SSSR count). The summed E-state index contributed by atoms with van der Waals surface area (Å²) in [4.78, 5) is 15.3. The summed E-state index contributed by atoms with van der Waals surface area (Å²) in [5, 5.41) is -0.494. The summed E-state index contributed by atoms with van der Waals surface area (Å²) in [5.74, 6) is -3.93. The van der Waals surface area contributed by atoms with E-state index in [9.17, 15) is 8.42 Å². The second-order valence-corrected chi connectivity index (χ2v) is 8.15. The topological polar surface area (TPSA) is 125 Å². The smallest absolute Gasteiger partial charge is 0.280 e. The third kappa shape index (κ3) is 4.89. The van der Waals surface area contributed by atoms with Crippen LogP contribution >= 0.6 is 0 Å². The quantitative estimate of drug-likeness (QED) is 0.393. The summed E-state index contributed by atoms with van der Waals surface area (Å²) in [6.07, 6.45) is -0.223. The van der Waals surface area contributed by atoms with Gasteiger partial charge >= 0.3 is 0 Å². The van der Waals surface area contributed by atoms with Gasteiger partial charge in [-0.05, 0) is 42.8 Å². The van der Waals surface area contributed by atoms with Gasteiger partial charge in [-0.25, -0.2) is 9.97 Å². The van der Waals surface area contributed by atoms with Crippen molar-refractivity contribution < 1.29 is 36.3 Å². The molecule has 0 atom stereocenters. The van der Waals surface area contributed by atoms with Crippen molar-refractivity contribution in [3.63, 3.8) is 0 Å². The number of aromatic nitrogens is 4. The highest BCUT2D eigenvalue weighted by Gasteiger charge is 2.25. The molecule has 4 aromatic rings. The van der Waals surface area contributed by atoms with Crippen LogP contribution in [0.3, 0.4) is 0 Å². The fourth-order valence-corrected chi connectivity index (χ4v) is 3.57. The molecule has 0 fully saturated rings. The molecule has 3 aromatic heterocycles. The summed E-state index contributed by atoms with van der Waals surface area (Å²) in [7, 11) is -10.8. The van der Waals surface area contributed by atoms with Crippen LogP contribution in [0.15, 0.2) is 72.1 Å². The van der Waals surface area contributed by atoms with Crippen molar-refractivity contribution in [2.75, 3.05) is 18.8 Å². The standard InChI is InChI=1S/C23H21N5O5S/c1-15-8-9-19(25-14-15)34(29,30)28-22-20(33-18-7-5-4-6-17(18)31-2)23(32-3)27-21(26-22)16-10-12-24-13-11-16/h4-14H,1-3H3,(H,26,27,28)/i2D3,3D3,10D,11D,12D,13D. The van der Waals surface area contributed by atoms with E-state index in [1.54, 1.807) is 6.92 Å². The summed E-state index contributed by atoms with van der Waals surface area (Å²) in [6.45, 7) is 1.67. The zero-order valence-electron chi connectivity index (χ0n) is 27.3. The minimum atomic E-state index is -4.61. The zero-order valence-corrected chi connectivity index (χ0v) is 18.1. The number of para-hydroxylation sites is 2. The number of anilines is 1. The van der Waals surface area contributed by atoms with E-state index >= 15 is 0 Å². The Balaban J connectivity index is 2.02. The van der Waals surface area contributed by atoms with Gasteiger partial charge in [0.2, 0.25) is 5.75 Å². The van der Waals surface area contributed by atoms with Crippen LogP contribution in [0.4, 0.5) is 5.82 Å². The number of nitrogens with one attached hydrogen (secondary N) is 1. The van der Waals surface area contributed by atoms with E-state index in [1.165, 1.54) is 42.6 Å². The number of hydrogen-bond acceptors (Lipinski definition) is 9. The van der Waals surface area contributed by atoms with Crippen LogP contribution < -0.4 is 18.9 Å². The van der Waals surface area contributed by atoms with Gasteiger partial charge in [0.1, 0.15) is 0 Å². The number of methoxy groups -OCH3 is 2. The second-order valence-electron chi connectivity index (χ2n) is 6.52. The molecule has 0 spiro atoms. The molecule has 174 valence electrons. The van der Waals surface area contributed by atoms with E-state index in [1.807, 2.05) is 0 Å². The molecule has 0 unspecified atom stereocenters. The molecule has 34 heavy (non-hydrogen) atoms. The molecule has 0 amide bonds. The number of hydrogen-bond donors (Lipinski definition) is 1. The van der Waals surface area contributed by atoms with Crippen LogP contribution in [0.2, 0.25) is 0 Å². The first-order valence-electron chi connectivity index (χ1n) is 14.3. The van der Waals surface area contributed by atoms with Crippen LogP contribution in [0.1, 0.15) is 19.3 Å². The molecule has 0 aliphatic heterocycles. The van der Waals surface area contributed by atoms with Gasteiger partial charge in [0, 0.05) is 24.1 Å². The molecule has 0 radical (unpaired) electrons. The van der Waals surface area contributed by atoms with E-state index in [4.69, 9.17) is 27.9 Å².